The number of carboxylic acid groups (broad SMARTS) is 1. The van der Waals surface area contributed by atoms with E-state index < -0.39 is 42.9 Å². The molecular weight excluding hydrogens is 247 g/mol. The Bertz CT molecular complexity index is 315. The van der Waals surface area contributed by atoms with Gasteiger partial charge < -0.3 is 15.2 Å². The second kappa shape index (κ2) is 6.06. The first kappa shape index (κ1) is 15.2. The van der Waals surface area contributed by atoms with E-state index in [1.54, 1.807) is 0 Å². The molecule has 0 saturated heterocycles. The molecule has 98 valence electrons. The van der Waals surface area contributed by atoms with E-state index in [4.69, 9.17) is 5.11 Å². The lowest BCUT2D eigenvalue weighted by Gasteiger charge is -2.16. The van der Waals surface area contributed by atoms with Crippen molar-refractivity contribution in [2.45, 2.75) is 25.1 Å². The molecule has 0 saturated carbocycles. The van der Waals surface area contributed by atoms with Crippen LogP contribution in [0.25, 0.3) is 0 Å². The third-order valence-corrected chi connectivity index (χ3v) is 1.70. The average molecular weight is 257 g/mol. The van der Waals surface area contributed by atoms with Crippen molar-refractivity contribution in [1.82, 2.24) is 5.32 Å². The molecule has 0 aliphatic heterocycles. The van der Waals surface area contributed by atoms with E-state index in [-0.39, 0.29) is 0 Å². The number of carbonyl (C=O) groups is 3. The number of carboxylic acids is 1. The van der Waals surface area contributed by atoms with Gasteiger partial charge in [-0.2, -0.15) is 13.2 Å². The van der Waals surface area contributed by atoms with Crippen LogP contribution in [-0.2, 0) is 19.1 Å². The van der Waals surface area contributed by atoms with Crippen LogP contribution in [0.2, 0.25) is 0 Å². The van der Waals surface area contributed by atoms with Crippen molar-refractivity contribution < 1.29 is 37.4 Å². The number of hydrogen-bond donors (Lipinski definition) is 2. The minimum atomic E-state index is -5.14. The van der Waals surface area contributed by atoms with Crippen molar-refractivity contribution in [3.8, 4) is 0 Å². The summed E-state index contributed by atoms with van der Waals surface area (Å²) in [4.78, 5) is 31.7. The van der Waals surface area contributed by atoms with E-state index in [9.17, 15) is 27.6 Å². The maximum atomic E-state index is 11.9. The molecule has 1 amide bonds. The Labute approximate surface area is 93.7 Å². The Hall–Kier alpha value is -1.80. The maximum absolute atomic E-state index is 11.9. The summed E-state index contributed by atoms with van der Waals surface area (Å²) in [6.45, 7) is 0. The van der Waals surface area contributed by atoms with Gasteiger partial charge >= 0.3 is 24.0 Å². The van der Waals surface area contributed by atoms with Crippen LogP contribution in [0.1, 0.15) is 12.8 Å². The highest BCUT2D eigenvalue weighted by Crippen LogP contribution is 2.15. The Kier molecular flexibility index (Phi) is 5.42. The number of nitrogens with one attached hydrogen (secondary N) is 1. The third kappa shape index (κ3) is 5.73. The van der Waals surface area contributed by atoms with Crippen molar-refractivity contribution in [1.29, 1.82) is 0 Å². The van der Waals surface area contributed by atoms with Gasteiger partial charge in [-0.3, -0.25) is 9.59 Å². The number of rotatable bonds is 5. The highest BCUT2D eigenvalue weighted by atomic mass is 19.4. The minimum Gasteiger partial charge on any atom is -0.481 e. The summed E-state index contributed by atoms with van der Waals surface area (Å²) in [5.74, 6) is -4.76. The molecule has 0 aromatic rings. The second-order valence-corrected chi connectivity index (χ2v) is 2.98. The molecule has 6 nitrogen and oxygen atoms in total. The summed E-state index contributed by atoms with van der Waals surface area (Å²) in [5, 5.41) is 9.69. The zero-order valence-corrected chi connectivity index (χ0v) is 8.71. The number of alkyl halides is 3. The number of esters is 1. The molecule has 0 fully saturated rings. The number of hydrogen-bond acceptors (Lipinski definition) is 4. The highest BCUT2D eigenvalue weighted by molar-refractivity contribution is 5.87. The number of amides is 1. The van der Waals surface area contributed by atoms with Gasteiger partial charge in [0.05, 0.1) is 7.11 Å². The molecule has 0 aliphatic rings. The summed E-state index contributed by atoms with van der Waals surface area (Å²) >= 11 is 0. The van der Waals surface area contributed by atoms with Crippen molar-refractivity contribution in [2.75, 3.05) is 7.11 Å². The van der Waals surface area contributed by atoms with E-state index in [1.807, 2.05) is 0 Å². The van der Waals surface area contributed by atoms with Crippen LogP contribution in [0.15, 0.2) is 0 Å². The fourth-order valence-corrected chi connectivity index (χ4v) is 0.899. The van der Waals surface area contributed by atoms with Crippen molar-refractivity contribution in [2.24, 2.45) is 0 Å². The fraction of sp³-hybridized carbons (Fsp3) is 0.625. The Balaban J connectivity index is 4.55. The molecule has 0 heterocycles. The number of methoxy groups -OCH3 is 1. The molecule has 0 bridgehead atoms. The smallest absolute Gasteiger partial charge is 0.471 e. The molecule has 0 aliphatic carbocycles. The summed E-state index contributed by atoms with van der Waals surface area (Å²) < 4.78 is 39.8. The zero-order valence-electron chi connectivity index (χ0n) is 8.71. The first-order valence-corrected chi connectivity index (χ1v) is 4.35. The standard InChI is InChI=1S/C8H10F3NO5/c1-17-6(15)4(2-3-5(13)14)12-7(16)8(9,10)11/h4H,2-3H2,1H3,(H,12,16)(H,13,14)/t4-/m0/s1. The number of carbonyl (C=O) groups excluding carboxylic acids is 2. The predicted molar refractivity (Wildman–Crippen MR) is 46.9 cm³/mol. The summed E-state index contributed by atoms with van der Waals surface area (Å²) in [6.07, 6.45) is -6.20. The minimum absolute atomic E-state index is 0.482. The molecule has 0 spiro atoms. The van der Waals surface area contributed by atoms with Crippen LogP contribution in [0.5, 0.6) is 0 Å². The molecule has 17 heavy (non-hydrogen) atoms. The lowest BCUT2D eigenvalue weighted by atomic mass is 10.1. The summed E-state index contributed by atoms with van der Waals surface area (Å²) in [7, 11) is 0.913. The van der Waals surface area contributed by atoms with Gasteiger partial charge in [0.15, 0.2) is 0 Å². The van der Waals surface area contributed by atoms with Crippen LogP contribution >= 0.6 is 0 Å². The van der Waals surface area contributed by atoms with Crippen LogP contribution in [0, 0.1) is 0 Å². The van der Waals surface area contributed by atoms with Gasteiger partial charge in [-0.05, 0) is 6.42 Å². The number of ether oxygens (including phenoxy) is 1. The first-order chi connectivity index (χ1) is 7.68. The van der Waals surface area contributed by atoms with Gasteiger partial charge in [-0.1, -0.05) is 0 Å². The fourth-order valence-electron chi connectivity index (χ4n) is 0.899. The third-order valence-electron chi connectivity index (χ3n) is 1.70. The van der Waals surface area contributed by atoms with Crippen molar-refractivity contribution in [3.63, 3.8) is 0 Å². The van der Waals surface area contributed by atoms with E-state index in [2.05, 4.69) is 4.74 Å². The van der Waals surface area contributed by atoms with Crippen LogP contribution in [0.3, 0.4) is 0 Å². The van der Waals surface area contributed by atoms with Gasteiger partial charge in [0.2, 0.25) is 0 Å². The Morgan fingerprint density at radius 2 is 1.88 bits per heavy atom. The van der Waals surface area contributed by atoms with Crippen molar-refractivity contribution >= 4 is 17.8 Å². The first-order valence-electron chi connectivity index (χ1n) is 4.35. The topological polar surface area (TPSA) is 92.7 Å². The molecular formula is C8H10F3NO5. The van der Waals surface area contributed by atoms with E-state index in [0.29, 0.717) is 0 Å². The average Bonchev–Trinajstić information content (AvgIpc) is 2.20. The van der Waals surface area contributed by atoms with E-state index in [0.717, 1.165) is 7.11 Å². The van der Waals surface area contributed by atoms with Gasteiger partial charge in [-0.25, -0.2) is 4.79 Å². The second-order valence-electron chi connectivity index (χ2n) is 2.98. The van der Waals surface area contributed by atoms with Gasteiger partial charge in [0, 0.05) is 6.42 Å². The van der Waals surface area contributed by atoms with Gasteiger partial charge in [0.1, 0.15) is 6.04 Å². The maximum Gasteiger partial charge on any atom is 0.471 e. The molecule has 0 unspecified atom stereocenters. The lowest BCUT2D eigenvalue weighted by molar-refractivity contribution is -0.175. The molecule has 1 atom stereocenters. The molecule has 0 rings (SSSR count). The monoisotopic (exact) mass is 257 g/mol. The van der Waals surface area contributed by atoms with E-state index in [1.165, 1.54) is 5.32 Å². The molecule has 0 aromatic carbocycles. The van der Waals surface area contributed by atoms with Crippen molar-refractivity contribution in [3.05, 3.63) is 0 Å². The lowest BCUT2D eigenvalue weighted by Crippen LogP contribution is -2.47. The van der Waals surface area contributed by atoms with Gasteiger partial charge in [-0.15, -0.1) is 0 Å². The quantitative estimate of drug-likeness (QED) is 0.680. The SMILES string of the molecule is COC(=O)[C@H](CCC(=O)O)NC(=O)C(F)(F)F. The largest absolute Gasteiger partial charge is 0.481 e. The normalized spacial score (nSPS) is 12.7. The van der Waals surface area contributed by atoms with E-state index >= 15 is 0 Å². The molecule has 9 heteroatoms. The summed E-state index contributed by atoms with van der Waals surface area (Å²) in [5.41, 5.74) is 0. The zero-order chi connectivity index (χ0) is 13.6. The predicted octanol–water partition coefficient (Wildman–Crippen LogP) is 0.0713. The van der Waals surface area contributed by atoms with Crippen LogP contribution in [-0.4, -0.2) is 42.3 Å². The Morgan fingerprint density at radius 1 is 1.35 bits per heavy atom. The van der Waals surface area contributed by atoms with Crippen LogP contribution < -0.4 is 5.32 Å². The molecule has 0 radical (unpaired) electrons. The Morgan fingerprint density at radius 3 is 2.24 bits per heavy atom. The molecule has 2 N–H and O–H groups in total. The highest BCUT2D eigenvalue weighted by Gasteiger charge is 2.41. The van der Waals surface area contributed by atoms with Gasteiger partial charge in [0.25, 0.3) is 0 Å². The van der Waals surface area contributed by atoms with Crippen LogP contribution in [0.4, 0.5) is 13.2 Å². The number of halogens is 3. The summed E-state index contributed by atoms with van der Waals surface area (Å²) in [6, 6.07) is -1.63. The number of aliphatic carboxylic acids is 1. The molecule has 0 aromatic heterocycles.